The van der Waals surface area contributed by atoms with Crippen LogP contribution < -0.4 is 0 Å². The van der Waals surface area contributed by atoms with Gasteiger partial charge >= 0.3 is 12.1 Å². The summed E-state index contributed by atoms with van der Waals surface area (Å²) < 4.78 is 25.3. The molecule has 2 amide bonds. The zero-order valence-electron chi connectivity index (χ0n) is 15.6. The lowest BCUT2D eigenvalue weighted by molar-refractivity contribution is -0.142. The van der Waals surface area contributed by atoms with Crippen LogP contribution in [0.2, 0.25) is 0 Å². The van der Waals surface area contributed by atoms with E-state index < -0.39 is 29.3 Å². The van der Waals surface area contributed by atoms with E-state index in [9.17, 15) is 14.4 Å². The summed E-state index contributed by atoms with van der Waals surface area (Å²) in [6, 6.07) is 0. The van der Waals surface area contributed by atoms with E-state index in [4.69, 9.17) is 9.47 Å². The van der Waals surface area contributed by atoms with E-state index in [-0.39, 0.29) is 32.0 Å². The number of carbonyl (C=O) groups excluding carboxylic acids is 3. The van der Waals surface area contributed by atoms with E-state index >= 15 is 4.39 Å². The number of rotatable bonds is 1. The van der Waals surface area contributed by atoms with Crippen LogP contribution in [0.15, 0.2) is 11.3 Å². The SMILES string of the molecule is CC1=C(N2CCC3(CCN(C(=O)OC(C)(C)C)CC3F)C2=O)COC1=O. The van der Waals surface area contributed by atoms with E-state index in [1.54, 1.807) is 27.7 Å². The van der Waals surface area contributed by atoms with E-state index in [0.29, 0.717) is 24.2 Å². The molecule has 0 radical (unpaired) electrons. The molecule has 26 heavy (non-hydrogen) atoms. The smallest absolute Gasteiger partial charge is 0.410 e. The van der Waals surface area contributed by atoms with Crippen molar-refractivity contribution in [2.24, 2.45) is 5.41 Å². The fraction of sp³-hybridized carbons (Fsp3) is 0.722. The first-order valence-electron chi connectivity index (χ1n) is 8.86. The fourth-order valence-corrected chi connectivity index (χ4v) is 3.76. The molecule has 0 aliphatic carbocycles. The first-order chi connectivity index (χ1) is 12.0. The molecule has 0 saturated carbocycles. The van der Waals surface area contributed by atoms with E-state index in [2.05, 4.69) is 0 Å². The first kappa shape index (κ1) is 18.7. The number of hydrogen-bond acceptors (Lipinski definition) is 5. The van der Waals surface area contributed by atoms with Crippen molar-refractivity contribution in [3.63, 3.8) is 0 Å². The molecule has 2 fully saturated rings. The van der Waals surface area contributed by atoms with Gasteiger partial charge in [0.05, 0.1) is 23.2 Å². The molecule has 0 bridgehead atoms. The van der Waals surface area contributed by atoms with Gasteiger partial charge in [0.1, 0.15) is 18.4 Å². The lowest BCUT2D eigenvalue weighted by atomic mass is 9.75. The van der Waals surface area contributed by atoms with Gasteiger partial charge in [-0.25, -0.2) is 14.0 Å². The van der Waals surface area contributed by atoms with Crippen LogP contribution in [0, 0.1) is 5.41 Å². The van der Waals surface area contributed by atoms with Gasteiger partial charge in [-0.3, -0.25) is 4.79 Å². The number of alkyl halides is 1. The molecule has 3 aliphatic rings. The molecule has 8 heteroatoms. The number of esters is 1. The largest absolute Gasteiger partial charge is 0.456 e. The lowest BCUT2D eigenvalue weighted by Gasteiger charge is -2.40. The van der Waals surface area contributed by atoms with Crippen LogP contribution in [0.5, 0.6) is 0 Å². The van der Waals surface area contributed by atoms with Crippen molar-refractivity contribution in [2.75, 3.05) is 26.2 Å². The van der Waals surface area contributed by atoms with Crippen molar-refractivity contribution in [2.45, 2.75) is 52.3 Å². The van der Waals surface area contributed by atoms with Gasteiger partial charge < -0.3 is 19.3 Å². The Morgan fingerprint density at radius 1 is 1.27 bits per heavy atom. The van der Waals surface area contributed by atoms with Gasteiger partial charge in [0.15, 0.2) is 0 Å². The number of amides is 2. The second kappa shape index (κ2) is 6.25. The minimum atomic E-state index is -1.47. The molecule has 7 nitrogen and oxygen atoms in total. The van der Waals surface area contributed by atoms with Gasteiger partial charge in [0.2, 0.25) is 5.91 Å². The molecular formula is C18H25FN2O5. The first-order valence-corrected chi connectivity index (χ1v) is 8.86. The monoisotopic (exact) mass is 368 g/mol. The van der Waals surface area contributed by atoms with Crippen molar-refractivity contribution in [3.8, 4) is 0 Å². The highest BCUT2D eigenvalue weighted by Gasteiger charge is 2.56. The molecule has 2 unspecified atom stereocenters. The minimum Gasteiger partial charge on any atom is -0.456 e. The third-order valence-corrected chi connectivity index (χ3v) is 5.32. The zero-order valence-corrected chi connectivity index (χ0v) is 15.6. The highest BCUT2D eigenvalue weighted by Crippen LogP contribution is 2.45. The quantitative estimate of drug-likeness (QED) is 0.662. The van der Waals surface area contributed by atoms with Crippen LogP contribution in [0.1, 0.15) is 40.5 Å². The summed E-state index contributed by atoms with van der Waals surface area (Å²) in [6.07, 6.45) is -1.44. The Balaban J connectivity index is 1.72. The summed E-state index contributed by atoms with van der Waals surface area (Å²) >= 11 is 0. The molecule has 0 aromatic heterocycles. The molecule has 3 rings (SSSR count). The Bertz CT molecular complexity index is 684. The molecule has 0 aromatic rings. The van der Waals surface area contributed by atoms with E-state index in [0.717, 1.165) is 0 Å². The summed E-state index contributed by atoms with van der Waals surface area (Å²) in [6.45, 7) is 7.38. The Labute approximate surface area is 152 Å². The summed E-state index contributed by atoms with van der Waals surface area (Å²) in [5.41, 5.74) is -0.871. The molecule has 0 aromatic carbocycles. The molecule has 3 heterocycles. The highest BCUT2D eigenvalue weighted by molar-refractivity contribution is 5.94. The van der Waals surface area contributed by atoms with Crippen molar-refractivity contribution in [1.29, 1.82) is 0 Å². The van der Waals surface area contributed by atoms with Gasteiger partial charge in [-0.2, -0.15) is 0 Å². The third kappa shape index (κ3) is 3.05. The van der Waals surface area contributed by atoms with Gasteiger partial charge in [0.25, 0.3) is 0 Å². The summed E-state index contributed by atoms with van der Waals surface area (Å²) in [5, 5.41) is 0. The number of nitrogens with zero attached hydrogens (tertiary/aromatic N) is 2. The standard InChI is InChI=1S/C18H25FN2O5/c1-11-12(10-25-14(11)22)21-8-6-18(15(21)23)5-7-20(9-13(18)19)16(24)26-17(2,3)4/h13H,5-10H2,1-4H3. The number of halogens is 1. The van der Waals surface area contributed by atoms with Gasteiger partial charge in [-0.15, -0.1) is 0 Å². The molecule has 144 valence electrons. The third-order valence-electron chi connectivity index (χ3n) is 5.32. The molecule has 2 atom stereocenters. The maximum atomic E-state index is 15.1. The Hall–Kier alpha value is -2.12. The zero-order chi connectivity index (χ0) is 19.3. The highest BCUT2D eigenvalue weighted by atomic mass is 19.1. The van der Waals surface area contributed by atoms with Crippen molar-refractivity contribution < 1.29 is 28.2 Å². The van der Waals surface area contributed by atoms with Crippen molar-refractivity contribution in [3.05, 3.63) is 11.3 Å². The van der Waals surface area contributed by atoms with E-state index in [1.807, 2.05) is 0 Å². The Morgan fingerprint density at radius 3 is 2.46 bits per heavy atom. The summed E-state index contributed by atoms with van der Waals surface area (Å²) in [7, 11) is 0. The van der Waals surface area contributed by atoms with Gasteiger partial charge in [0, 0.05) is 13.1 Å². The van der Waals surface area contributed by atoms with Crippen LogP contribution in [-0.4, -0.2) is 65.8 Å². The van der Waals surface area contributed by atoms with E-state index in [1.165, 1.54) is 9.80 Å². The normalized spacial score (nSPS) is 29.7. The van der Waals surface area contributed by atoms with Crippen LogP contribution in [0.25, 0.3) is 0 Å². The molecule has 1 spiro atoms. The second-order valence-corrected chi connectivity index (χ2v) is 8.15. The van der Waals surface area contributed by atoms with Crippen LogP contribution >= 0.6 is 0 Å². The average molecular weight is 368 g/mol. The molecule has 3 aliphatic heterocycles. The number of piperidine rings is 1. The molecular weight excluding hydrogens is 343 g/mol. The fourth-order valence-electron chi connectivity index (χ4n) is 3.76. The summed E-state index contributed by atoms with van der Waals surface area (Å²) in [4.78, 5) is 39.5. The predicted octanol–water partition coefficient (Wildman–Crippen LogP) is 2.01. The summed E-state index contributed by atoms with van der Waals surface area (Å²) in [5.74, 6) is -0.758. The Morgan fingerprint density at radius 2 is 1.92 bits per heavy atom. The predicted molar refractivity (Wildman–Crippen MR) is 89.7 cm³/mol. The second-order valence-electron chi connectivity index (χ2n) is 8.15. The van der Waals surface area contributed by atoms with Crippen molar-refractivity contribution in [1.82, 2.24) is 9.80 Å². The van der Waals surface area contributed by atoms with Crippen LogP contribution in [0.3, 0.4) is 0 Å². The lowest BCUT2D eigenvalue weighted by Crippen LogP contribution is -2.54. The van der Waals surface area contributed by atoms with Crippen molar-refractivity contribution >= 4 is 18.0 Å². The number of likely N-dealkylation sites (tertiary alicyclic amines) is 2. The maximum Gasteiger partial charge on any atom is 0.410 e. The molecule has 2 saturated heterocycles. The number of carbonyl (C=O) groups is 3. The maximum absolute atomic E-state index is 15.1. The van der Waals surface area contributed by atoms with Gasteiger partial charge in [-0.1, -0.05) is 0 Å². The number of cyclic esters (lactones) is 1. The molecule has 0 N–H and O–H groups in total. The topological polar surface area (TPSA) is 76.2 Å². The average Bonchev–Trinajstić information content (AvgIpc) is 3.03. The minimum absolute atomic E-state index is 0.0491. The Kier molecular flexibility index (Phi) is 4.48. The van der Waals surface area contributed by atoms with Gasteiger partial charge in [-0.05, 0) is 40.5 Å². The van der Waals surface area contributed by atoms with Crippen LogP contribution in [-0.2, 0) is 19.1 Å². The number of ether oxygens (including phenoxy) is 2. The van der Waals surface area contributed by atoms with Crippen LogP contribution in [0.4, 0.5) is 9.18 Å². The number of hydrogen-bond donors (Lipinski definition) is 0.